The van der Waals surface area contributed by atoms with Gasteiger partial charge in [-0.3, -0.25) is 4.79 Å². The van der Waals surface area contributed by atoms with Gasteiger partial charge in [-0.15, -0.1) is 0 Å². The second-order valence-corrected chi connectivity index (χ2v) is 13.0. The second-order valence-electron chi connectivity index (χ2n) is 13.0. The van der Waals surface area contributed by atoms with Crippen LogP contribution >= 0.6 is 0 Å². The topological polar surface area (TPSA) is 369 Å². The molecule has 22 heteroatoms. The van der Waals surface area contributed by atoms with Gasteiger partial charge in [0.2, 0.25) is 23.8 Å². The summed E-state index contributed by atoms with van der Waals surface area (Å²) >= 11 is 0. The number of hydrogen-bond donors (Lipinski definition) is 14. The highest BCUT2D eigenvalue weighted by Gasteiger charge is 2.51. The van der Waals surface area contributed by atoms with Gasteiger partial charge in [0.1, 0.15) is 89.6 Å². The van der Waals surface area contributed by atoms with Crippen LogP contribution in [0.1, 0.15) is 0 Å². The standard InChI is InChI=1S/C33H40O22/c34-6-15-19(40)23(44)26(47)31(51-15)54-29-22(43)18-13(39)4-10(5-14(18)50-28(29)9-1-2-11(37)12(38)3-9)49-33-30(25(46)21(42)17(8-36)53-33)55-32-27(48)24(45)20(41)16(7-35)52-32/h1-5,15-17,19-21,23-27,30-42,44-48H,6-8H2/t15-,16-,17-,19-,20-,21+,23+,24+,25+,26-,27-,30-,31+,32+,33-/m1/s1. The molecule has 3 saturated heterocycles. The van der Waals surface area contributed by atoms with Gasteiger partial charge in [-0.2, -0.15) is 0 Å². The molecule has 3 fully saturated rings. The lowest BCUT2D eigenvalue weighted by molar-refractivity contribution is -0.357. The Morgan fingerprint density at radius 3 is 1.69 bits per heavy atom. The van der Waals surface area contributed by atoms with Gasteiger partial charge in [0, 0.05) is 17.7 Å². The summed E-state index contributed by atoms with van der Waals surface area (Å²) in [5.74, 6) is -3.78. The minimum Gasteiger partial charge on any atom is -0.507 e. The molecule has 22 nitrogen and oxygen atoms in total. The van der Waals surface area contributed by atoms with Crippen molar-refractivity contribution < 1.29 is 104 Å². The first-order valence-corrected chi connectivity index (χ1v) is 16.7. The maximum Gasteiger partial charge on any atom is 0.239 e. The molecule has 0 spiro atoms. The Kier molecular flexibility index (Phi) is 12.0. The number of rotatable bonds is 10. The molecule has 2 aromatic carbocycles. The predicted octanol–water partition coefficient (Wildman–Crippen LogP) is -5.24. The number of aliphatic hydroxyl groups is 11. The molecule has 3 aliphatic heterocycles. The lowest BCUT2D eigenvalue weighted by Crippen LogP contribution is -2.65. The normalized spacial score (nSPS) is 36.8. The molecule has 0 saturated carbocycles. The van der Waals surface area contributed by atoms with Gasteiger partial charge in [0.05, 0.1) is 19.8 Å². The molecule has 6 rings (SSSR count). The van der Waals surface area contributed by atoms with E-state index >= 15 is 0 Å². The van der Waals surface area contributed by atoms with E-state index in [1.807, 2.05) is 0 Å². The molecule has 0 radical (unpaired) electrons. The van der Waals surface area contributed by atoms with Crippen LogP contribution < -0.4 is 14.9 Å². The molecule has 14 N–H and O–H groups in total. The monoisotopic (exact) mass is 788 g/mol. The molecule has 0 unspecified atom stereocenters. The van der Waals surface area contributed by atoms with Crippen LogP contribution in [0.5, 0.6) is 28.7 Å². The van der Waals surface area contributed by atoms with Crippen LogP contribution in [0, 0.1) is 0 Å². The van der Waals surface area contributed by atoms with Gasteiger partial charge in [-0.05, 0) is 18.2 Å². The zero-order valence-electron chi connectivity index (χ0n) is 28.2. The van der Waals surface area contributed by atoms with Gasteiger partial charge in [0.15, 0.2) is 29.7 Å². The van der Waals surface area contributed by atoms with Crippen LogP contribution in [0.3, 0.4) is 0 Å². The maximum atomic E-state index is 14.0. The fourth-order valence-electron chi connectivity index (χ4n) is 6.33. The van der Waals surface area contributed by atoms with E-state index in [0.29, 0.717) is 0 Å². The first-order chi connectivity index (χ1) is 26.1. The smallest absolute Gasteiger partial charge is 0.239 e. The second kappa shape index (κ2) is 16.3. The number of aliphatic hydroxyl groups excluding tert-OH is 11. The molecule has 0 aliphatic carbocycles. The van der Waals surface area contributed by atoms with Crippen LogP contribution in [0.4, 0.5) is 0 Å². The van der Waals surface area contributed by atoms with E-state index in [4.69, 9.17) is 32.8 Å². The summed E-state index contributed by atoms with van der Waals surface area (Å²) in [6, 6.07) is 5.05. The van der Waals surface area contributed by atoms with Crippen molar-refractivity contribution in [3.63, 3.8) is 0 Å². The van der Waals surface area contributed by atoms with Crippen LogP contribution in [0.2, 0.25) is 0 Å². The Bertz CT molecular complexity index is 1870. The number of phenols is 3. The average Bonchev–Trinajstić information content (AvgIpc) is 3.16. The summed E-state index contributed by atoms with van der Waals surface area (Å²) in [4.78, 5) is 14.0. The summed E-state index contributed by atoms with van der Waals surface area (Å²) in [6.45, 7) is -2.53. The zero-order chi connectivity index (χ0) is 40.0. The van der Waals surface area contributed by atoms with Crippen molar-refractivity contribution in [2.75, 3.05) is 19.8 Å². The summed E-state index contributed by atoms with van der Waals surface area (Å²) in [6.07, 6.45) is -26.9. The molecule has 4 heterocycles. The van der Waals surface area contributed by atoms with E-state index in [1.165, 1.54) is 6.07 Å². The van der Waals surface area contributed by atoms with Crippen LogP contribution in [-0.2, 0) is 18.9 Å². The predicted molar refractivity (Wildman–Crippen MR) is 174 cm³/mol. The fraction of sp³-hybridized carbons (Fsp3) is 0.545. The maximum absolute atomic E-state index is 14.0. The number of ether oxygens (including phenoxy) is 6. The highest BCUT2D eigenvalue weighted by Crippen LogP contribution is 2.40. The van der Waals surface area contributed by atoms with Crippen molar-refractivity contribution in [1.82, 2.24) is 0 Å². The molecule has 55 heavy (non-hydrogen) atoms. The molecular weight excluding hydrogens is 748 g/mol. The van der Waals surface area contributed by atoms with Gasteiger partial charge >= 0.3 is 0 Å². The van der Waals surface area contributed by atoms with Crippen molar-refractivity contribution in [2.24, 2.45) is 0 Å². The molecular formula is C33H40O22. The van der Waals surface area contributed by atoms with E-state index in [-0.39, 0.29) is 11.3 Å². The van der Waals surface area contributed by atoms with Crippen LogP contribution in [0.25, 0.3) is 22.3 Å². The van der Waals surface area contributed by atoms with Gasteiger partial charge in [-0.25, -0.2) is 0 Å². The molecule has 1 aromatic heterocycles. The fourth-order valence-corrected chi connectivity index (χ4v) is 6.33. The summed E-state index contributed by atoms with van der Waals surface area (Å²) < 4.78 is 39.4. The Labute approximate surface area is 307 Å². The Morgan fingerprint density at radius 2 is 1.11 bits per heavy atom. The van der Waals surface area contributed by atoms with Crippen molar-refractivity contribution in [2.45, 2.75) is 92.1 Å². The van der Waals surface area contributed by atoms with E-state index in [0.717, 1.165) is 24.3 Å². The summed E-state index contributed by atoms with van der Waals surface area (Å²) in [5.41, 5.74) is -1.72. The lowest BCUT2D eigenvalue weighted by atomic mass is 9.97. The Hall–Kier alpha value is -3.95. The number of aromatic hydroxyl groups is 3. The summed E-state index contributed by atoms with van der Waals surface area (Å²) in [5, 5.41) is 143. The Balaban J connectivity index is 1.40. The van der Waals surface area contributed by atoms with Gasteiger partial charge in [0.25, 0.3) is 0 Å². The minimum atomic E-state index is -2.00. The van der Waals surface area contributed by atoms with Gasteiger partial charge < -0.3 is 104 Å². The third-order valence-corrected chi connectivity index (χ3v) is 9.44. The molecule has 3 aromatic rings. The molecule has 15 atom stereocenters. The third kappa shape index (κ3) is 7.63. The largest absolute Gasteiger partial charge is 0.507 e. The molecule has 304 valence electrons. The lowest BCUT2D eigenvalue weighted by Gasteiger charge is -2.45. The number of hydrogen-bond acceptors (Lipinski definition) is 22. The van der Waals surface area contributed by atoms with Crippen molar-refractivity contribution in [3.8, 4) is 40.1 Å². The highest BCUT2D eigenvalue weighted by molar-refractivity contribution is 5.88. The van der Waals surface area contributed by atoms with Gasteiger partial charge in [-0.1, -0.05) is 0 Å². The van der Waals surface area contributed by atoms with Crippen molar-refractivity contribution in [3.05, 3.63) is 40.6 Å². The highest BCUT2D eigenvalue weighted by atomic mass is 16.8. The minimum absolute atomic E-state index is 0.133. The zero-order valence-corrected chi connectivity index (χ0v) is 28.2. The molecule has 0 bridgehead atoms. The van der Waals surface area contributed by atoms with Crippen molar-refractivity contribution >= 4 is 11.0 Å². The SMILES string of the molecule is O=c1c(O[C@@H]2O[C@H](CO)[C@@H](O)[C@H](O)[C@H]2O)c(-c2ccc(O)c(O)c2)oc2cc(O[C@@H]3O[C@H](CO)[C@H](O)[C@H](O)[C@H]3O[C@@H]3O[C@H](CO)[C@@H](O)[C@H](O)[C@H]3O)cc(O)c12. The van der Waals surface area contributed by atoms with E-state index < -0.39 is 157 Å². The summed E-state index contributed by atoms with van der Waals surface area (Å²) in [7, 11) is 0. The number of benzene rings is 2. The molecule has 0 amide bonds. The number of fused-ring (bicyclic) bond motifs is 1. The van der Waals surface area contributed by atoms with E-state index in [1.54, 1.807) is 0 Å². The first-order valence-electron chi connectivity index (χ1n) is 16.7. The third-order valence-electron chi connectivity index (χ3n) is 9.44. The number of phenolic OH excluding ortho intramolecular Hbond substituents is 3. The van der Waals surface area contributed by atoms with E-state index in [2.05, 4.69) is 0 Å². The average molecular weight is 789 g/mol. The van der Waals surface area contributed by atoms with Crippen LogP contribution in [-0.4, -0.2) is 183 Å². The first kappa shape index (κ1) is 40.7. The van der Waals surface area contributed by atoms with Crippen LogP contribution in [0.15, 0.2) is 39.5 Å². The van der Waals surface area contributed by atoms with Crippen molar-refractivity contribution in [1.29, 1.82) is 0 Å². The van der Waals surface area contributed by atoms with E-state index in [9.17, 15) is 76.3 Å². The quantitative estimate of drug-likeness (QED) is 0.0853. The molecule has 3 aliphatic rings. The Morgan fingerprint density at radius 1 is 0.564 bits per heavy atom.